The maximum atomic E-state index is 5.52. The molecule has 2 nitrogen and oxygen atoms in total. The van der Waals surface area contributed by atoms with Crippen LogP contribution in [0.4, 0.5) is 0 Å². The van der Waals surface area contributed by atoms with Crippen LogP contribution in [0.3, 0.4) is 0 Å². The zero-order chi connectivity index (χ0) is 11.4. The van der Waals surface area contributed by atoms with Crippen LogP contribution in [0.2, 0.25) is 0 Å². The van der Waals surface area contributed by atoms with Crippen molar-refractivity contribution in [1.82, 2.24) is 5.32 Å². The molecule has 88 valence electrons. The van der Waals surface area contributed by atoms with Gasteiger partial charge in [0, 0.05) is 5.54 Å². The molecule has 1 fully saturated rings. The summed E-state index contributed by atoms with van der Waals surface area (Å²) in [7, 11) is 0. The summed E-state index contributed by atoms with van der Waals surface area (Å²) < 4.78 is 5.52. The number of nitrogens with one attached hydrogen (secondary N) is 1. The molecule has 2 heteroatoms. The molecule has 16 heavy (non-hydrogen) atoms. The Hall–Kier alpha value is -1.02. The van der Waals surface area contributed by atoms with Crippen LogP contribution >= 0.6 is 0 Å². The van der Waals surface area contributed by atoms with E-state index in [2.05, 4.69) is 30.4 Å². The Morgan fingerprint density at radius 1 is 1.44 bits per heavy atom. The van der Waals surface area contributed by atoms with Crippen molar-refractivity contribution in [2.45, 2.75) is 38.6 Å². The van der Waals surface area contributed by atoms with Crippen molar-refractivity contribution in [2.75, 3.05) is 13.2 Å². The van der Waals surface area contributed by atoms with Crippen LogP contribution in [-0.2, 0) is 6.42 Å². The number of rotatable bonds is 4. The van der Waals surface area contributed by atoms with E-state index in [1.807, 2.05) is 13.0 Å². The minimum atomic E-state index is 0.283. The van der Waals surface area contributed by atoms with Crippen molar-refractivity contribution in [2.24, 2.45) is 0 Å². The number of benzene rings is 1. The van der Waals surface area contributed by atoms with E-state index in [0.29, 0.717) is 0 Å². The molecule has 1 aromatic rings. The Balaban J connectivity index is 2.05. The number of hydrogen-bond donors (Lipinski definition) is 1. The molecule has 0 spiro atoms. The molecule has 1 N–H and O–H groups in total. The first-order valence-corrected chi connectivity index (χ1v) is 6.19. The lowest BCUT2D eigenvalue weighted by Crippen LogP contribution is -2.38. The van der Waals surface area contributed by atoms with Crippen LogP contribution in [0.5, 0.6) is 5.75 Å². The average molecular weight is 219 g/mol. The SMILES string of the molecule is CCOc1cccc(CC2(C)CCCN2)c1. The smallest absolute Gasteiger partial charge is 0.119 e. The van der Waals surface area contributed by atoms with Crippen molar-refractivity contribution in [3.05, 3.63) is 29.8 Å². The van der Waals surface area contributed by atoms with Gasteiger partial charge in [-0.2, -0.15) is 0 Å². The second-order valence-electron chi connectivity index (χ2n) is 4.85. The molecule has 2 rings (SSSR count). The third kappa shape index (κ3) is 2.76. The maximum Gasteiger partial charge on any atom is 0.119 e. The third-order valence-corrected chi connectivity index (χ3v) is 3.26. The van der Waals surface area contributed by atoms with Gasteiger partial charge >= 0.3 is 0 Å². The van der Waals surface area contributed by atoms with Gasteiger partial charge in [-0.05, 0) is 57.4 Å². The summed E-state index contributed by atoms with van der Waals surface area (Å²) in [4.78, 5) is 0. The number of ether oxygens (including phenoxy) is 1. The predicted octanol–water partition coefficient (Wildman–Crippen LogP) is 2.77. The highest BCUT2D eigenvalue weighted by Crippen LogP contribution is 2.25. The van der Waals surface area contributed by atoms with Crippen LogP contribution in [0.25, 0.3) is 0 Å². The fraction of sp³-hybridized carbons (Fsp3) is 0.571. The fourth-order valence-electron chi connectivity index (χ4n) is 2.47. The molecule has 1 aliphatic heterocycles. The third-order valence-electron chi connectivity index (χ3n) is 3.26. The summed E-state index contributed by atoms with van der Waals surface area (Å²) in [5.74, 6) is 0.988. The molecule has 0 radical (unpaired) electrons. The second-order valence-corrected chi connectivity index (χ2v) is 4.85. The Labute approximate surface area is 98.0 Å². The summed E-state index contributed by atoms with van der Waals surface area (Å²) in [6, 6.07) is 8.46. The Bertz CT molecular complexity index is 342. The van der Waals surface area contributed by atoms with Gasteiger partial charge in [0.25, 0.3) is 0 Å². The van der Waals surface area contributed by atoms with Gasteiger partial charge in [0.2, 0.25) is 0 Å². The van der Waals surface area contributed by atoms with Crippen molar-refractivity contribution >= 4 is 0 Å². The monoisotopic (exact) mass is 219 g/mol. The zero-order valence-electron chi connectivity index (χ0n) is 10.3. The standard InChI is InChI=1S/C14H21NO/c1-3-16-13-7-4-6-12(10-13)11-14(2)8-5-9-15-14/h4,6-7,10,15H,3,5,8-9,11H2,1-2H3. The summed E-state index contributed by atoms with van der Waals surface area (Å²) in [6.07, 6.45) is 3.65. The Morgan fingerprint density at radius 2 is 2.31 bits per heavy atom. The summed E-state index contributed by atoms with van der Waals surface area (Å²) in [6.45, 7) is 6.22. The molecule has 0 amide bonds. The van der Waals surface area contributed by atoms with E-state index in [4.69, 9.17) is 4.74 Å². The van der Waals surface area contributed by atoms with Gasteiger partial charge in [0.1, 0.15) is 5.75 Å². The first-order chi connectivity index (χ1) is 7.72. The van der Waals surface area contributed by atoms with E-state index < -0.39 is 0 Å². The zero-order valence-corrected chi connectivity index (χ0v) is 10.3. The van der Waals surface area contributed by atoms with Crippen molar-refractivity contribution in [3.8, 4) is 5.75 Å². The van der Waals surface area contributed by atoms with Gasteiger partial charge in [-0.3, -0.25) is 0 Å². The van der Waals surface area contributed by atoms with Crippen molar-refractivity contribution < 1.29 is 4.74 Å². The van der Waals surface area contributed by atoms with Gasteiger partial charge < -0.3 is 10.1 Å². The van der Waals surface area contributed by atoms with Gasteiger partial charge in [0.05, 0.1) is 6.61 Å². The van der Waals surface area contributed by atoms with E-state index in [-0.39, 0.29) is 5.54 Å². The fourth-order valence-corrected chi connectivity index (χ4v) is 2.47. The molecule has 1 heterocycles. The van der Waals surface area contributed by atoms with Crippen molar-refractivity contribution in [3.63, 3.8) is 0 Å². The first kappa shape index (κ1) is 11.5. The van der Waals surface area contributed by atoms with Crippen LogP contribution in [0.1, 0.15) is 32.3 Å². The molecule has 1 unspecified atom stereocenters. The minimum Gasteiger partial charge on any atom is -0.494 e. The van der Waals surface area contributed by atoms with E-state index in [1.165, 1.54) is 18.4 Å². The maximum absolute atomic E-state index is 5.52. The molecule has 1 saturated heterocycles. The highest BCUT2D eigenvalue weighted by atomic mass is 16.5. The lowest BCUT2D eigenvalue weighted by atomic mass is 9.91. The Morgan fingerprint density at radius 3 is 3.00 bits per heavy atom. The molecule has 0 aliphatic carbocycles. The van der Waals surface area contributed by atoms with Gasteiger partial charge in [0.15, 0.2) is 0 Å². The molecule has 1 aromatic carbocycles. The van der Waals surface area contributed by atoms with E-state index >= 15 is 0 Å². The average Bonchev–Trinajstić information content (AvgIpc) is 2.66. The predicted molar refractivity (Wildman–Crippen MR) is 67.0 cm³/mol. The molecule has 0 saturated carbocycles. The second kappa shape index (κ2) is 4.88. The van der Waals surface area contributed by atoms with E-state index in [9.17, 15) is 0 Å². The lowest BCUT2D eigenvalue weighted by Gasteiger charge is -2.24. The lowest BCUT2D eigenvalue weighted by molar-refractivity contribution is 0.339. The van der Waals surface area contributed by atoms with E-state index in [0.717, 1.165) is 25.3 Å². The first-order valence-electron chi connectivity index (χ1n) is 6.19. The van der Waals surface area contributed by atoms with Crippen LogP contribution in [0, 0.1) is 0 Å². The van der Waals surface area contributed by atoms with Gasteiger partial charge in [-0.15, -0.1) is 0 Å². The molecule has 0 bridgehead atoms. The van der Waals surface area contributed by atoms with E-state index in [1.54, 1.807) is 0 Å². The highest BCUT2D eigenvalue weighted by Gasteiger charge is 2.27. The van der Waals surface area contributed by atoms with Crippen LogP contribution in [-0.4, -0.2) is 18.7 Å². The largest absolute Gasteiger partial charge is 0.494 e. The summed E-state index contributed by atoms with van der Waals surface area (Å²) >= 11 is 0. The van der Waals surface area contributed by atoms with Crippen LogP contribution in [0.15, 0.2) is 24.3 Å². The molecule has 1 atom stereocenters. The van der Waals surface area contributed by atoms with Crippen molar-refractivity contribution in [1.29, 1.82) is 0 Å². The van der Waals surface area contributed by atoms with Crippen LogP contribution < -0.4 is 10.1 Å². The molecular formula is C14H21NO. The van der Waals surface area contributed by atoms with Gasteiger partial charge in [-0.25, -0.2) is 0 Å². The quantitative estimate of drug-likeness (QED) is 0.840. The van der Waals surface area contributed by atoms with Gasteiger partial charge in [-0.1, -0.05) is 12.1 Å². The summed E-state index contributed by atoms with van der Waals surface area (Å²) in [5, 5.41) is 3.59. The molecule has 1 aliphatic rings. The highest BCUT2D eigenvalue weighted by molar-refractivity contribution is 5.29. The molecular weight excluding hydrogens is 198 g/mol. The minimum absolute atomic E-state index is 0.283. The normalized spacial score (nSPS) is 24.6. The molecule has 0 aromatic heterocycles. The number of hydrogen-bond acceptors (Lipinski definition) is 2. The Kier molecular flexibility index (Phi) is 3.49. The topological polar surface area (TPSA) is 21.3 Å². The summed E-state index contributed by atoms with van der Waals surface area (Å²) in [5.41, 5.74) is 1.65.